The number of hydrogen-bond acceptors (Lipinski definition) is 5. The molecule has 1 saturated heterocycles. The van der Waals surface area contributed by atoms with Crippen molar-refractivity contribution in [2.45, 2.75) is 31.4 Å². The smallest absolute Gasteiger partial charge is 0.258 e. The Bertz CT molecular complexity index is 810. The summed E-state index contributed by atoms with van der Waals surface area (Å²) in [6.45, 7) is 1.73. The van der Waals surface area contributed by atoms with Gasteiger partial charge in [-0.25, -0.2) is 0 Å². The van der Waals surface area contributed by atoms with Crippen LogP contribution in [-0.2, 0) is 4.79 Å². The molecule has 4 atom stereocenters. The second kappa shape index (κ2) is 6.87. The number of carbonyl (C=O) groups excluding carboxylic acids is 2. The summed E-state index contributed by atoms with van der Waals surface area (Å²) in [6.07, 6.45) is 3.53. The van der Waals surface area contributed by atoms with Crippen molar-refractivity contribution in [1.82, 2.24) is 10.2 Å². The number of methoxy groups -OCH3 is 1. The second-order valence-electron chi connectivity index (χ2n) is 8.33. The molecule has 6 nitrogen and oxygen atoms in total. The highest BCUT2D eigenvalue weighted by Gasteiger charge is 2.57. The fourth-order valence-electron chi connectivity index (χ4n) is 5.44. The van der Waals surface area contributed by atoms with Crippen LogP contribution >= 0.6 is 11.8 Å². The van der Waals surface area contributed by atoms with Crippen LogP contribution in [0.15, 0.2) is 18.2 Å². The minimum absolute atomic E-state index is 0.0692. The second-order valence-corrected chi connectivity index (χ2v) is 9.55. The molecule has 2 bridgehead atoms. The van der Waals surface area contributed by atoms with Gasteiger partial charge >= 0.3 is 0 Å². The number of carbonyl (C=O) groups is 2. The summed E-state index contributed by atoms with van der Waals surface area (Å²) in [5, 5.41) is 3.17. The molecule has 1 N–H and O–H groups in total. The first kappa shape index (κ1) is 18.2. The first-order valence-electron chi connectivity index (χ1n) is 10.2. The van der Waals surface area contributed by atoms with Crippen molar-refractivity contribution in [2.24, 2.45) is 17.8 Å². The predicted octanol–water partition coefficient (Wildman–Crippen LogP) is 2.53. The van der Waals surface area contributed by atoms with Gasteiger partial charge in [-0.05, 0) is 37.3 Å². The van der Waals surface area contributed by atoms with Crippen LogP contribution in [0.5, 0.6) is 11.5 Å². The first-order chi connectivity index (χ1) is 13.6. The lowest BCUT2D eigenvalue weighted by Crippen LogP contribution is -2.67. The normalized spacial score (nSPS) is 33.8. The van der Waals surface area contributed by atoms with E-state index in [-0.39, 0.29) is 23.7 Å². The van der Waals surface area contributed by atoms with Crippen LogP contribution in [0.3, 0.4) is 0 Å². The van der Waals surface area contributed by atoms with Gasteiger partial charge in [0.25, 0.3) is 5.91 Å². The molecule has 1 aromatic carbocycles. The largest absolute Gasteiger partial charge is 0.497 e. The van der Waals surface area contributed by atoms with E-state index >= 15 is 0 Å². The van der Waals surface area contributed by atoms with Crippen molar-refractivity contribution in [3.8, 4) is 11.5 Å². The molecular weight excluding hydrogens is 376 g/mol. The molecule has 0 unspecified atom stereocenters. The standard InChI is InChI=1S/C21H26N2O4S/c1-26-15-4-5-16-18(11-15)27-21(22-19(16)24)12-13-2-3-14(21)10-17(13)20(25)23-6-8-28-9-7-23/h4-5,11,13-14,17H,2-3,6-10,12H2,1H3,(H,22,24)/t13-,14+,17-,21+/m0/s1. The molecule has 0 radical (unpaired) electrons. The molecule has 2 amide bonds. The third kappa shape index (κ3) is 2.86. The average Bonchev–Trinajstić information content (AvgIpc) is 2.73. The fraction of sp³-hybridized carbons (Fsp3) is 0.619. The van der Waals surface area contributed by atoms with Crippen LogP contribution in [0.4, 0.5) is 0 Å². The molecule has 2 aliphatic heterocycles. The van der Waals surface area contributed by atoms with E-state index in [0.29, 0.717) is 29.4 Å². The highest BCUT2D eigenvalue weighted by Crippen LogP contribution is 2.53. The number of thioether (sulfide) groups is 1. The van der Waals surface area contributed by atoms with Crippen molar-refractivity contribution in [3.05, 3.63) is 23.8 Å². The van der Waals surface area contributed by atoms with Crippen LogP contribution in [0.2, 0.25) is 0 Å². The van der Waals surface area contributed by atoms with E-state index in [1.54, 1.807) is 25.3 Å². The van der Waals surface area contributed by atoms with E-state index in [4.69, 9.17) is 9.47 Å². The SMILES string of the molecule is COc1ccc2c(c1)O[C@@]1(C[C@@H]3CC[C@@H]1C[C@@H]3C(=O)N1CCSCC1)NC2=O. The van der Waals surface area contributed by atoms with E-state index < -0.39 is 5.72 Å². The number of ether oxygens (including phenoxy) is 2. The number of rotatable bonds is 2. The zero-order valence-electron chi connectivity index (χ0n) is 16.1. The minimum atomic E-state index is -0.687. The Balaban J connectivity index is 1.38. The molecule has 6 rings (SSSR count). The van der Waals surface area contributed by atoms with E-state index in [2.05, 4.69) is 10.2 Å². The molecule has 4 fully saturated rings. The molecule has 1 spiro atoms. The lowest BCUT2D eigenvalue weighted by molar-refractivity contribution is -0.155. The van der Waals surface area contributed by atoms with Gasteiger partial charge in [-0.15, -0.1) is 0 Å². The topological polar surface area (TPSA) is 67.9 Å². The summed E-state index contributed by atoms with van der Waals surface area (Å²) >= 11 is 1.92. The highest BCUT2D eigenvalue weighted by atomic mass is 32.2. The van der Waals surface area contributed by atoms with Crippen molar-refractivity contribution in [2.75, 3.05) is 31.7 Å². The quantitative estimate of drug-likeness (QED) is 0.823. The Morgan fingerprint density at radius 1 is 1.32 bits per heavy atom. The van der Waals surface area contributed by atoms with E-state index in [1.165, 1.54) is 0 Å². The molecule has 28 heavy (non-hydrogen) atoms. The van der Waals surface area contributed by atoms with Gasteiger partial charge in [0.15, 0.2) is 5.72 Å². The molecule has 150 valence electrons. The van der Waals surface area contributed by atoms with Gasteiger partial charge in [-0.1, -0.05) is 0 Å². The Kier molecular flexibility index (Phi) is 4.45. The summed E-state index contributed by atoms with van der Waals surface area (Å²) in [5.74, 6) is 4.06. The van der Waals surface area contributed by atoms with Crippen LogP contribution in [0, 0.1) is 17.8 Å². The van der Waals surface area contributed by atoms with E-state index in [0.717, 1.165) is 43.9 Å². The van der Waals surface area contributed by atoms with Crippen molar-refractivity contribution in [3.63, 3.8) is 0 Å². The number of amides is 2. The monoisotopic (exact) mass is 402 g/mol. The maximum absolute atomic E-state index is 13.1. The zero-order valence-corrected chi connectivity index (χ0v) is 16.9. The van der Waals surface area contributed by atoms with Gasteiger partial charge in [-0.2, -0.15) is 11.8 Å². The molecule has 3 saturated carbocycles. The summed E-state index contributed by atoms with van der Waals surface area (Å²) in [6, 6.07) is 5.32. The van der Waals surface area contributed by atoms with Crippen molar-refractivity contribution in [1.29, 1.82) is 0 Å². The lowest BCUT2D eigenvalue weighted by Gasteiger charge is -2.55. The first-order valence-corrected chi connectivity index (χ1v) is 11.3. The fourth-order valence-corrected chi connectivity index (χ4v) is 6.34. The number of benzene rings is 1. The lowest BCUT2D eigenvalue weighted by atomic mass is 9.59. The Labute approximate surface area is 169 Å². The van der Waals surface area contributed by atoms with Gasteiger partial charge in [-0.3, -0.25) is 9.59 Å². The van der Waals surface area contributed by atoms with Crippen molar-refractivity contribution < 1.29 is 19.1 Å². The molecular formula is C21H26N2O4S. The van der Waals surface area contributed by atoms with Gasteiger partial charge in [0.2, 0.25) is 5.91 Å². The molecule has 2 heterocycles. The van der Waals surface area contributed by atoms with Crippen LogP contribution < -0.4 is 14.8 Å². The number of fused-ring (bicyclic) bond motifs is 3. The van der Waals surface area contributed by atoms with E-state index in [1.807, 2.05) is 11.8 Å². The maximum atomic E-state index is 13.1. The third-order valence-corrected chi connectivity index (χ3v) is 7.85. The summed E-state index contributed by atoms with van der Waals surface area (Å²) in [5.41, 5.74) is -0.139. The molecule has 3 aliphatic carbocycles. The van der Waals surface area contributed by atoms with Crippen LogP contribution in [0.25, 0.3) is 0 Å². The zero-order chi connectivity index (χ0) is 19.3. The minimum Gasteiger partial charge on any atom is -0.497 e. The van der Waals surface area contributed by atoms with Gasteiger partial charge in [0.1, 0.15) is 11.5 Å². The molecule has 5 aliphatic rings. The average molecular weight is 403 g/mol. The summed E-state index contributed by atoms with van der Waals surface area (Å²) in [4.78, 5) is 28.0. The third-order valence-electron chi connectivity index (χ3n) is 6.91. The number of nitrogens with zero attached hydrogens (tertiary/aromatic N) is 1. The number of hydrogen-bond donors (Lipinski definition) is 1. The summed E-state index contributed by atoms with van der Waals surface area (Å²) < 4.78 is 11.7. The summed E-state index contributed by atoms with van der Waals surface area (Å²) in [7, 11) is 1.61. The Morgan fingerprint density at radius 3 is 2.86 bits per heavy atom. The molecule has 1 aromatic rings. The van der Waals surface area contributed by atoms with Crippen molar-refractivity contribution >= 4 is 23.6 Å². The molecule has 7 heteroatoms. The number of nitrogens with one attached hydrogen (secondary N) is 1. The Hall–Kier alpha value is -1.89. The van der Waals surface area contributed by atoms with Crippen LogP contribution in [-0.4, -0.2) is 54.1 Å². The van der Waals surface area contributed by atoms with Gasteiger partial charge in [0.05, 0.1) is 12.7 Å². The van der Waals surface area contributed by atoms with E-state index in [9.17, 15) is 9.59 Å². The van der Waals surface area contributed by atoms with Crippen LogP contribution in [0.1, 0.15) is 36.0 Å². The Morgan fingerprint density at radius 2 is 2.14 bits per heavy atom. The van der Waals surface area contributed by atoms with Gasteiger partial charge in [0, 0.05) is 48.9 Å². The maximum Gasteiger partial charge on any atom is 0.258 e. The van der Waals surface area contributed by atoms with Gasteiger partial charge < -0.3 is 19.7 Å². The highest BCUT2D eigenvalue weighted by molar-refractivity contribution is 7.99. The molecule has 0 aromatic heterocycles. The predicted molar refractivity (Wildman–Crippen MR) is 107 cm³/mol.